The third kappa shape index (κ3) is 1.68. The largest absolute Gasteiger partial charge is 0.383 e. The molecule has 0 unspecified atom stereocenters. The molecule has 1 aromatic heterocycles. The van der Waals surface area contributed by atoms with E-state index in [-0.39, 0.29) is 5.82 Å². The van der Waals surface area contributed by atoms with Gasteiger partial charge in [-0.05, 0) is 18.2 Å². The quantitative estimate of drug-likeness (QED) is 0.815. The fourth-order valence-corrected chi connectivity index (χ4v) is 2.05. The Hall–Kier alpha value is -1.88. The molecule has 0 fully saturated rings. The standard InChI is InChI=1S/C12H12FN3O/c13-8-2-1-3-9(6-8)16-12(14)10-4-5-17-7-11(10)15-16/h1-3,6H,4-5,7,14H2. The van der Waals surface area contributed by atoms with Gasteiger partial charge < -0.3 is 10.5 Å². The zero-order chi connectivity index (χ0) is 11.8. The molecule has 4 nitrogen and oxygen atoms in total. The molecule has 1 aliphatic rings. The summed E-state index contributed by atoms with van der Waals surface area (Å²) >= 11 is 0. The maximum atomic E-state index is 13.2. The Morgan fingerprint density at radius 1 is 1.41 bits per heavy atom. The van der Waals surface area contributed by atoms with E-state index in [0.29, 0.717) is 24.7 Å². The second-order valence-corrected chi connectivity index (χ2v) is 4.00. The molecule has 1 aromatic carbocycles. The average Bonchev–Trinajstić information content (AvgIpc) is 2.68. The highest BCUT2D eigenvalue weighted by atomic mass is 19.1. The van der Waals surface area contributed by atoms with Crippen LogP contribution in [0.25, 0.3) is 5.69 Å². The van der Waals surface area contributed by atoms with E-state index in [9.17, 15) is 4.39 Å². The van der Waals surface area contributed by atoms with Crippen LogP contribution in [0.2, 0.25) is 0 Å². The van der Waals surface area contributed by atoms with Gasteiger partial charge in [-0.1, -0.05) is 6.07 Å². The van der Waals surface area contributed by atoms with Crippen molar-refractivity contribution < 1.29 is 9.13 Å². The molecule has 17 heavy (non-hydrogen) atoms. The number of nitrogens with zero attached hydrogens (tertiary/aromatic N) is 2. The van der Waals surface area contributed by atoms with Crippen molar-refractivity contribution in [3.8, 4) is 5.69 Å². The van der Waals surface area contributed by atoms with Crippen LogP contribution >= 0.6 is 0 Å². The Balaban J connectivity index is 2.12. The zero-order valence-electron chi connectivity index (χ0n) is 9.19. The second kappa shape index (κ2) is 3.85. The van der Waals surface area contributed by atoms with Crippen molar-refractivity contribution in [2.45, 2.75) is 13.0 Å². The number of hydrogen-bond donors (Lipinski definition) is 1. The molecule has 0 bridgehead atoms. The molecule has 2 heterocycles. The first-order valence-corrected chi connectivity index (χ1v) is 5.45. The molecule has 88 valence electrons. The SMILES string of the molecule is Nc1c2c(nn1-c1cccc(F)c1)COCC2. The average molecular weight is 233 g/mol. The number of nitrogens with two attached hydrogens (primary N) is 1. The minimum Gasteiger partial charge on any atom is -0.383 e. The number of hydrogen-bond acceptors (Lipinski definition) is 3. The van der Waals surface area contributed by atoms with Crippen LogP contribution in [0.15, 0.2) is 24.3 Å². The molecule has 0 saturated carbocycles. The molecular formula is C12H12FN3O. The third-order valence-corrected chi connectivity index (χ3v) is 2.89. The molecule has 0 atom stereocenters. The van der Waals surface area contributed by atoms with Crippen LogP contribution in [-0.4, -0.2) is 16.4 Å². The Bertz CT molecular complexity index is 565. The summed E-state index contributed by atoms with van der Waals surface area (Å²) in [6, 6.07) is 6.22. The van der Waals surface area contributed by atoms with E-state index in [0.717, 1.165) is 17.7 Å². The van der Waals surface area contributed by atoms with Gasteiger partial charge in [0.1, 0.15) is 11.6 Å². The molecule has 5 heteroatoms. The van der Waals surface area contributed by atoms with Gasteiger partial charge in [0, 0.05) is 12.0 Å². The molecule has 1 aliphatic heterocycles. The molecule has 2 N–H and O–H groups in total. The number of anilines is 1. The number of rotatable bonds is 1. The maximum absolute atomic E-state index is 13.2. The lowest BCUT2D eigenvalue weighted by Gasteiger charge is -2.10. The fraction of sp³-hybridized carbons (Fsp3) is 0.250. The number of fused-ring (bicyclic) bond motifs is 1. The van der Waals surface area contributed by atoms with Crippen LogP contribution in [0.1, 0.15) is 11.3 Å². The van der Waals surface area contributed by atoms with E-state index in [2.05, 4.69) is 5.10 Å². The highest BCUT2D eigenvalue weighted by molar-refractivity contribution is 5.50. The monoisotopic (exact) mass is 233 g/mol. The Morgan fingerprint density at radius 3 is 3.06 bits per heavy atom. The van der Waals surface area contributed by atoms with Gasteiger partial charge in [-0.25, -0.2) is 9.07 Å². The van der Waals surface area contributed by atoms with Crippen LogP contribution in [0.4, 0.5) is 10.2 Å². The predicted octanol–water partition coefficient (Wildman–Crippen LogP) is 1.67. The summed E-state index contributed by atoms with van der Waals surface area (Å²) in [5.41, 5.74) is 8.52. The van der Waals surface area contributed by atoms with E-state index >= 15 is 0 Å². The van der Waals surface area contributed by atoms with E-state index in [1.807, 2.05) is 0 Å². The van der Waals surface area contributed by atoms with Gasteiger partial charge in [-0.15, -0.1) is 0 Å². The predicted molar refractivity (Wildman–Crippen MR) is 61.3 cm³/mol. The van der Waals surface area contributed by atoms with Crippen LogP contribution in [0, 0.1) is 5.82 Å². The molecule has 0 spiro atoms. The van der Waals surface area contributed by atoms with Crippen molar-refractivity contribution in [3.63, 3.8) is 0 Å². The van der Waals surface area contributed by atoms with Crippen molar-refractivity contribution in [3.05, 3.63) is 41.3 Å². The van der Waals surface area contributed by atoms with E-state index in [1.165, 1.54) is 12.1 Å². The number of benzene rings is 1. The first-order chi connectivity index (χ1) is 8.25. The van der Waals surface area contributed by atoms with Crippen molar-refractivity contribution in [2.75, 3.05) is 12.3 Å². The minimum absolute atomic E-state index is 0.299. The van der Waals surface area contributed by atoms with Crippen molar-refractivity contribution in [1.29, 1.82) is 0 Å². The first-order valence-electron chi connectivity index (χ1n) is 5.45. The van der Waals surface area contributed by atoms with Gasteiger partial charge in [0.2, 0.25) is 0 Å². The summed E-state index contributed by atoms with van der Waals surface area (Å²) in [7, 11) is 0. The highest BCUT2D eigenvalue weighted by Gasteiger charge is 2.19. The van der Waals surface area contributed by atoms with Crippen molar-refractivity contribution >= 4 is 5.82 Å². The molecule has 0 saturated heterocycles. The summed E-state index contributed by atoms with van der Waals surface area (Å²) in [5, 5.41) is 4.36. The van der Waals surface area contributed by atoms with E-state index < -0.39 is 0 Å². The lowest BCUT2D eigenvalue weighted by atomic mass is 10.1. The van der Waals surface area contributed by atoms with E-state index in [1.54, 1.807) is 16.8 Å². The first kappa shape index (κ1) is 10.3. The topological polar surface area (TPSA) is 53.1 Å². The Morgan fingerprint density at radius 2 is 2.29 bits per heavy atom. The van der Waals surface area contributed by atoms with Crippen LogP contribution in [0.5, 0.6) is 0 Å². The Kier molecular flexibility index (Phi) is 2.33. The van der Waals surface area contributed by atoms with Gasteiger partial charge in [0.05, 0.1) is 24.6 Å². The highest BCUT2D eigenvalue weighted by Crippen LogP contribution is 2.25. The van der Waals surface area contributed by atoms with Crippen LogP contribution in [0.3, 0.4) is 0 Å². The number of nitrogen functional groups attached to an aromatic ring is 1. The summed E-state index contributed by atoms with van der Waals surface area (Å²) in [6.45, 7) is 1.13. The summed E-state index contributed by atoms with van der Waals surface area (Å²) < 4.78 is 20.1. The number of halogens is 1. The van der Waals surface area contributed by atoms with Crippen LogP contribution in [-0.2, 0) is 17.8 Å². The molecule has 0 aliphatic carbocycles. The smallest absolute Gasteiger partial charge is 0.130 e. The lowest BCUT2D eigenvalue weighted by molar-refractivity contribution is 0.108. The summed E-state index contributed by atoms with van der Waals surface area (Å²) in [6.07, 6.45) is 0.760. The van der Waals surface area contributed by atoms with Crippen molar-refractivity contribution in [1.82, 2.24) is 9.78 Å². The third-order valence-electron chi connectivity index (χ3n) is 2.89. The van der Waals surface area contributed by atoms with Gasteiger partial charge in [-0.3, -0.25) is 0 Å². The maximum Gasteiger partial charge on any atom is 0.130 e. The summed E-state index contributed by atoms with van der Waals surface area (Å²) in [5.74, 6) is 0.278. The molecular weight excluding hydrogens is 221 g/mol. The molecule has 0 amide bonds. The molecule has 0 radical (unpaired) electrons. The zero-order valence-corrected chi connectivity index (χ0v) is 9.19. The van der Waals surface area contributed by atoms with Gasteiger partial charge >= 0.3 is 0 Å². The summed E-state index contributed by atoms with van der Waals surface area (Å²) in [4.78, 5) is 0. The number of aromatic nitrogens is 2. The second-order valence-electron chi connectivity index (χ2n) is 4.00. The fourth-order valence-electron chi connectivity index (χ4n) is 2.05. The minimum atomic E-state index is -0.299. The molecule has 3 rings (SSSR count). The van der Waals surface area contributed by atoms with Crippen LogP contribution < -0.4 is 5.73 Å². The van der Waals surface area contributed by atoms with E-state index in [4.69, 9.17) is 10.5 Å². The number of ether oxygens (including phenoxy) is 1. The lowest BCUT2D eigenvalue weighted by Crippen LogP contribution is -2.09. The van der Waals surface area contributed by atoms with Crippen molar-refractivity contribution in [2.24, 2.45) is 0 Å². The van der Waals surface area contributed by atoms with Gasteiger partial charge in [-0.2, -0.15) is 5.10 Å². The van der Waals surface area contributed by atoms with Gasteiger partial charge in [0.15, 0.2) is 0 Å². The van der Waals surface area contributed by atoms with Gasteiger partial charge in [0.25, 0.3) is 0 Å². The molecule has 2 aromatic rings. The normalized spacial score (nSPS) is 14.6. The Labute approximate surface area is 97.8 Å².